The Kier molecular flexibility index (Phi) is 49.7. The molecule has 68 heavy (non-hydrogen) atoms. The average Bonchev–Trinajstić information content (AvgIpc) is 3.30. The number of nitrogens with one attached hydrogen (secondary N) is 1. The van der Waals surface area contributed by atoms with Crippen molar-refractivity contribution in [1.82, 2.24) is 5.32 Å². The summed E-state index contributed by atoms with van der Waals surface area (Å²) in [4.78, 5) is 25.5. The molecule has 0 rings (SSSR count). The molecule has 0 aliphatic heterocycles. The van der Waals surface area contributed by atoms with E-state index in [1.165, 1.54) is 225 Å². The van der Waals surface area contributed by atoms with Crippen molar-refractivity contribution in [3.05, 3.63) is 36.5 Å². The highest BCUT2D eigenvalue weighted by atomic mass is 31.2. The van der Waals surface area contributed by atoms with Crippen molar-refractivity contribution in [3.63, 3.8) is 0 Å². The molecule has 0 aromatic carbocycles. The van der Waals surface area contributed by atoms with Gasteiger partial charge < -0.3 is 28.8 Å². The van der Waals surface area contributed by atoms with Crippen molar-refractivity contribution in [2.75, 3.05) is 40.9 Å². The highest BCUT2D eigenvalue weighted by Crippen LogP contribution is 2.38. The van der Waals surface area contributed by atoms with Crippen LogP contribution in [0, 0.1) is 0 Å². The molecule has 0 bridgehead atoms. The van der Waals surface area contributed by atoms with E-state index in [1.807, 2.05) is 27.2 Å². The van der Waals surface area contributed by atoms with E-state index in [0.717, 1.165) is 38.5 Å². The molecular formula is C59H115N2O6P. The monoisotopic (exact) mass is 979 g/mol. The number of allylic oxidation sites excluding steroid dienone is 5. The van der Waals surface area contributed by atoms with Crippen molar-refractivity contribution < 1.29 is 32.9 Å². The summed E-state index contributed by atoms with van der Waals surface area (Å²) in [5.41, 5.74) is 0. The van der Waals surface area contributed by atoms with Crippen LogP contribution in [0.5, 0.6) is 0 Å². The van der Waals surface area contributed by atoms with Crippen LogP contribution in [-0.4, -0.2) is 68.5 Å². The van der Waals surface area contributed by atoms with Crippen molar-refractivity contribution in [2.45, 2.75) is 296 Å². The Bertz CT molecular complexity index is 1200. The van der Waals surface area contributed by atoms with E-state index in [9.17, 15) is 19.4 Å². The van der Waals surface area contributed by atoms with Crippen LogP contribution in [0.2, 0.25) is 0 Å². The van der Waals surface area contributed by atoms with E-state index in [1.54, 1.807) is 6.08 Å². The van der Waals surface area contributed by atoms with Gasteiger partial charge >= 0.3 is 0 Å². The summed E-state index contributed by atoms with van der Waals surface area (Å²) < 4.78 is 23.3. The van der Waals surface area contributed by atoms with Gasteiger partial charge in [-0.1, -0.05) is 256 Å². The lowest BCUT2D eigenvalue weighted by Gasteiger charge is -2.29. The predicted octanol–water partition coefficient (Wildman–Crippen LogP) is 17.1. The SMILES string of the molecule is CCCCCCCCCC/C=C\CCCCCCCCCCCCCCCCCCCCCC(=O)NC(COP(=O)([O-])OCC[N+](C)(C)C)C(O)/C=C/CC/C=C/CCCCCCCCCCC. The highest BCUT2D eigenvalue weighted by molar-refractivity contribution is 7.45. The lowest BCUT2D eigenvalue weighted by atomic mass is 10.0. The fourth-order valence-corrected chi connectivity index (χ4v) is 9.42. The first kappa shape index (κ1) is 66.7. The first-order chi connectivity index (χ1) is 33.0. The fraction of sp³-hybridized carbons (Fsp3) is 0.881. The Morgan fingerprint density at radius 1 is 0.500 bits per heavy atom. The maximum Gasteiger partial charge on any atom is 0.268 e. The minimum absolute atomic E-state index is 0.00494. The molecule has 0 spiro atoms. The summed E-state index contributed by atoms with van der Waals surface area (Å²) in [6, 6.07) is -0.901. The van der Waals surface area contributed by atoms with Crippen LogP contribution < -0.4 is 10.2 Å². The van der Waals surface area contributed by atoms with E-state index in [2.05, 4.69) is 43.5 Å². The molecule has 0 aromatic heterocycles. The van der Waals surface area contributed by atoms with Crippen LogP contribution >= 0.6 is 7.82 Å². The zero-order chi connectivity index (χ0) is 49.9. The Hall–Kier alpha value is -1.28. The largest absolute Gasteiger partial charge is 0.756 e. The number of quaternary nitrogens is 1. The van der Waals surface area contributed by atoms with Crippen LogP contribution in [0.3, 0.4) is 0 Å². The lowest BCUT2D eigenvalue weighted by Crippen LogP contribution is -2.45. The first-order valence-corrected chi connectivity index (χ1v) is 30.8. The van der Waals surface area contributed by atoms with Gasteiger partial charge in [-0.2, -0.15) is 0 Å². The fourth-order valence-electron chi connectivity index (χ4n) is 8.70. The van der Waals surface area contributed by atoms with Crippen LogP contribution in [0.1, 0.15) is 284 Å². The van der Waals surface area contributed by atoms with Crippen LogP contribution in [-0.2, 0) is 18.4 Å². The van der Waals surface area contributed by atoms with E-state index < -0.39 is 20.0 Å². The number of aliphatic hydroxyl groups is 1. The Morgan fingerprint density at radius 3 is 1.19 bits per heavy atom. The maximum absolute atomic E-state index is 12.9. The molecule has 0 saturated carbocycles. The molecule has 0 fully saturated rings. The van der Waals surface area contributed by atoms with Crippen LogP contribution in [0.4, 0.5) is 0 Å². The van der Waals surface area contributed by atoms with Gasteiger partial charge in [0, 0.05) is 6.42 Å². The molecule has 2 N–H and O–H groups in total. The molecule has 9 heteroatoms. The molecule has 0 heterocycles. The Balaban J connectivity index is 4.07. The normalized spacial score (nSPS) is 14.2. The summed E-state index contributed by atoms with van der Waals surface area (Å²) in [6.45, 7) is 4.65. The molecule has 0 aromatic rings. The Morgan fingerprint density at radius 2 is 0.824 bits per heavy atom. The van der Waals surface area contributed by atoms with Gasteiger partial charge in [0.1, 0.15) is 13.2 Å². The third kappa shape index (κ3) is 52.5. The van der Waals surface area contributed by atoms with E-state index in [-0.39, 0.29) is 19.1 Å². The Labute approximate surface area is 423 Å². The molecule has 0 aliphatic rings. The molecular weight excluding hydrogens is 864 g/mol. The number of carbonyl (C=O) groups is 1. The number of hydrogen-bond donors (Lipinski definition) is 2. The zero-order valence-electron chi connectivity index (χ0n) is 45.8. The van der Waals surface area contributed by atoms with Crippen molar-refractivity contribution in [3.8, 4) is 0 Å². The van der Waals surface area contributed by atoms with Gasteiger partial charge in [-0.15, -0.1) is 0 Å². The molecule has 402 valence electrons. The minimum atomic E-state index is -4.60. The molecule has 3 unspecified atom stereocenters. The van der Waals surface area contributed by atoms with Crippen LogP contribution in [0.25, 0.3) is 0 Å². The number of carbonyl (C=O) groups excluding carboxylic acids is 1. The quantitative estimate of drug-likeness (QED) is 0.0272. The predicted molar refractivity (Wildman–Crippen MR) is 293 cm³/mol. The molecule has 0 aliphatic carbocycles. The summed E-state index contributed by atoms with van der Waals surface area (Å²) in [6.07, 6.45) is 65.2. The number of likely N-dealkylation sites (N-methyl/N-ethyl adjacent to an activating group) is 1. The highest BCUT2D eigenvalue weighted by Gasteiger charge is 2.23. The second-order valence-electron chi connectivity index (χ2n) is 21.3. The minimum Gasteiger partial charge on any atom is -0.756 e. The number of amides is 1. The lowest BCUT2D eigenvalue weighted by molar-refractivity contribution is -0.870. The second-order valence-corrected chi connectivity index (χ2v) is 22.8. The number of phosphoric acid groups is 1. The van der Waals surface area contributed by atoms with Crippen molar-refractivity contribution in [1.29, 1.82) is 0 Å². The third-order valence-electron chi connectivity index (χ3n) is 13.3. The van der Waals surface area contributed by atoms with E-state index >= 15 is 0 Å². The van der Waals surface area contributed by atoms with E-state index in [4.69, 9.17) is 9.05 Å². The standard InChI is InChI=1S/C59H115N2O6P/c1-6-8-10-12-14-16-18-20-22-23-24-25-26-27-28-29-30-31-32-33-34-35-36-37-39-41-43-45-47-49-51-53-59(63)60-57(56-67-68(64,65)66-55-54-61(3,4)5)58(62)52-50-48-46-44-42-40-38-21-19-17-15-13-11-9-7-2/h23-24,42,44,50,52,57-58,62H,6-22,25-41,43,45-49,51,53-56H2,1-5H3,(H-,60,63,64,65)/b24-23-,44-42+,52-50+. The summed E-state index contributed by atoms with van der Waals surface area (Å²) in [5, 5.41) is 13.8. The van der Waals surface area contributed by atoms with Crippen molar-refractivity contribution in [2.24, 2.45) is 0 Å². The summed E-state index contributed by atoms with van der Waals surface area (Å²) >= 11 is 0. The van der Waals surface area contributed by atoms with Crippen molar-refractivity contribution >= 4 is 13.7 Å². The molecule has 0 radical (unpaired) electrons. The number of aliphatic hydroxyl groups excluding tert-OH is 1. The molecule has 3 atom stereocenters. The smallest absolute Gasteiger partial charge is 0.268 e. The number of unbranched alkanes of at least 4 members (excludes halogenated alkanes) is 37. The number of hydrogen-bond acceptors (Lipinski definition) is 6. The molecule has 8 nitrogen and oxygen atoms in total. The second kappa shape index (κ2) is 50.7. The van der Waals surface area contributed by atoms with Gasteiger partial charge in [0.25, 0.3) is 7.82 Å². The number of rotatable bonds is 54. The average molecular weight is 980 g/mol. The number of nitrogens with zero attached hydrogens (tertiary/aromatic N) is 1. The summed E-state index contributed by atoms with van der Waals surface area (Å²) in [7, 11) is 1.25. The van der Waals surface area contributed by atoms with E-state index in [0.29, 0.717) is 17.4 Å². The van der Waals surface area contributed by atoms with Gasteiger partial charge in [0.05, 0.1) is 39.9 Å². The van der Waals surface area contributed by atoms with Gasteiger partial charge in [0.2, 0.25) is 5.91 Å². The maximum atomic E-state index is 12.9. The van der Waals surface area contributed by atoms with Gasteiger partial charge in [-0.3, -0.25) is 9.36 Å². The first-order valence-electron chi connectivity index (χ1n) is 29.4. The topological polar surface area (TPSA) is 108 Å². The summed E-state index contributed by atoms with van der Waals surface area (Å²) in [5.74, 6) is -0.203. The number of phosphoric ester groups is 1. The van der Waals surface area contributed by atoms with Crippen LogP contribution in [0.15, 0.2) is 36.5 Å². The van der Waals surface area contributed by atoms with Gasteiger partial charge in [-0.05, 0) is 57.8 Å². The van der Waals surface area contributed by atoms with Gasteiger partial charge in [-0.25, -0.2) is 0 Å². The zero-order valence-corrected chi connectivity index (χ0v) is 46.7. The van der Waals surface area contributed by atoms with Gasteiger partial charge in [0.15, 0.2) is 0 Å². The molecule has 1 amide bonds. The third-order valence-corrected chi connectivity index (χ3v) is 14.3. The molecule has 0 saturated heterocycles.